The van der Waals surface area contributed by atoms with Crippen LogP contribution in [0.5, 0.6) is 11.5 Å². The molecule has 0 atom stereocenters. The summed E-state index contributed by atoms with van der Waals surface area (Å²) in [5.41, 5.74) is 0.147. The van der Waals surface area contributed by atoms with Gasteiger partial charge >= 0.3 is 0 Å². The molecule has 0 saturated heterocycles. The number of phenols is 2. The highest BCUT2D eigenvalue weighted by Gasteiger charge is 2.18. The van der Waals surface area contributed by atoms with Gasteiger partial charge in [-0.25, -0.2) is 4.39 Å². The SMILES string of the molecule is Cc1c(C)c(F)c(F)c(O)c1O. The highest BCUT2D eigenvalue weighted by Crippen LogP contribution is 2.35. The predicted octanol–water partition coefficient (Wildman–Crippen LogP) is 1.99. The second-order valence-corrected chi connectivity index (χ2v) is 2.58. The normalized spacial score (nSPS) is 10.3. The molecule has 0 aliphatic heterocycles. The Balaban J connectivity index is 3.60. The molecule has 2 nitrogen and oxygen atoms in total. The molecule has 2 N–H and O–H groups in total. The van der Waals surface area contributed by atoms with E-state index >= 15 is 0 Å². The Bertz CT molecular complexity index is 229. The van der Waals surface area contributed by atoms with Crippen molar-refractivity contribution in [2.45, 2.75) is 13.8 Å². The summed E-state index contributed by atoms with van der Waals surface area (Å²) >= 11 is 0. The summed E-state index contributed by atoms with van der Waals surface area (Å²) in [5, 5.41) is 17.9. The second-order valence-electron chi connectivity index (χ2n) is 2.58. The third-order valence-electron chi connectivity index (χ3n) is 1.87. The fraction of sp³-hybridized carbons (Fsp3) is 0.250. The molecule has 0 spiro atoms. The highest BCUT2D eigenvalue weighted by molar-refractivity contribution is 5.49. The minimum atomic E-state index is -1.41. The Morgan fingerprint density at radius 3 is 1.83 bits per heavy atom. The van der Waals surface area contributed by atoms with Crippen molar-refractivity contribution in [3.05, 3.63) is 22.8 Å². The van der Waals surface area contributed by atoms with Crippen molar-refractivity contribution in [1.82, 2.24) is 0 Å². The molecular formula is C8H8F2O2. The van der Waals surface area contributed by atoms with E-state index in [1.165, 1.54) is 13.8 Å². The van der Waals surface area contributed by atoms with Gasteiger partial charge in [0.15, 0.2) is 17.3 Å². The van der Waals surface area contributed by atoms with Gasteiger partial charge in [-0.2, -0.15) is 4.39 Å². The number of aromatic hydroxyl groups is 2. The minimum Gasteiger partial charge on any atom is -0.504 e. The maximum Gasteiger partial charge on any atom is 0.204 e. The molecule has 66 valence electrons. The van der Waals surface area contributed by atoms with Crippen molar-refractivity contribution in [2.75, 3.05) is 0 Å². The second kappa shape index (κ2) is 2.62. The summed E-state index contributed by atoms with van der Waals surface area (Å²) in [5.74, 6) is -4.17. The molecule has 0 heterocycles. The first-order valence-corrected chi connectivity index (χ1v) is 3.33. The van der Waals surface area contributed by atoms with Crippen molar-refractivity contribution in [3.63, 3.8) is 0 Å². The number of halogens is 2. The summed E-state index contributed by atoms with van der Waals surface area (Å²) in [6, 6.07) is 0. The van der Waals surface area contributed by atoms with Crippen molar-refractivity contribution in [1.29, 1.82) is 0 Å². The van der Waals surface area contributed by atoms with Gasteiger partial charge in [0.25, 0.3) is 0 Å². The van der Waals surface area contributed by atoms with E-state index in [0.29, 0.717) is 0 Å². The summed E-state index contributed by atoms with van der Waals surface area (Å²) in [6.45, 7) is 2.72. The lowest BCUT2D eigenvalue weighted by Gasteiger charge is -2.07. The average molecular weight is 174 g/mol. The van der Waals surface area contributed by atoms with Crippen LogP contribution in [-0.2, 0) is 0 Å². The Labute approximate surface area is 68.1 Å². The van der Waals surface area contributed by atoms with Crippen molar-refractivity contribution < 1.29 is 19.0 Å². The molecule has 0 radical (unpaired) electrons. The van der Waals surface area contributed by atoms with Crippen LogP contribution in [0.15, 0.2) is 0 Å². The van der Waals surface area contributed by atoms with Gasteiger partial charge in [-0.15, -0.1) is 0 Å². The molecule has 0 aliphatic carbocycles. The smallest absolute Gasteiger partial charge is 0.204 e. The van der Waals surface area contributed by atoms with Gasteiger partial charge in [0.05, 0.1) is 0 Å². The van der Waals surface area contributed by atoms with Gasteiger partial charge in [0.2, 0.25) is 5.82 Å². The van der Waals surface area contributed by atoms with Gasteiger partial charge in [-0.1, -0.05) is 0 Å². The first-order chi connectivity index (χ1) is 5.46. The van der Waals surface area contributed by atoms with E-state index in [0.717, 1.165) is 0 Å². The fourth-order valence-corrected chi connectivity index (χ4v) is 0.892. The van der Waals surface area contributed by atoms with E-state index in [-0.39, 0.29) is 11.1 Å². The number of rotatable bonds is 0. The summed E-state index contributed by atoms with van der Waals surface area (Å²) in [6.07, 6.45) is 0. The molecule has 0 amide bonds. The minimum absolute atomic E-state index is 0.00259. The highest BCUT2D eigenvalue weighted by atomic mass is 19.2. The van der Waals surface area contributed by atoms with Crippen LogP contribution in [0.3, 0.4) is 0 Å². The zero-order valence-electron chi connectivity index (χ0n) is 6.65. The Kier molecular flexibility index (Phi) is 1.92. The van der Waals surface area contributed by atoms with Gasteiger partial charge in [0, 0.05) is 5.56 Å². The zero-order valence-corrected chi connectivity index (χ0v) is 6.65. The molecule has 0 fully saturated rings. The van der Waals surface area contributed by atoms with Crippen molar-refractivity contribution in [2.24, 2.45) is 0 Å². The lowest BCUT2D eigenvalue weighted by molar-refractivity contribution is 0.360. The predicted molar refractivity (Wildman–Crippen MR) is 39.2 cm³/mol. The van der Waals surface area contributed by atoms with Crippen LogP contribution in [0.25, 0.3) is 0 Å². The first-order valence-electron chi connectivity index (χ1n) is 3.33. The van der Waals surface area contributed by atoms with Crippen LogP contribution in [0.1, 0.15) is 11.1 Å². The quantitative estimate of drug-likeness (QED) is 0.590. The van der Waals surface area contributed by atoms with Crippen LogP contribution >= 0.6 is 0 Å². The monoisotopic (exact) mass is 174 g/mol. The Morgan fingerprint density at radius 2 is 1.33 bits per heavy atom. The number of phenolic OH excluding ortho intramolecular Hbond substituents is 2. The molecule has 0 aromatic heterocycles. The molecule has 0 aliphatic rings. The number of benzene rings is 1. The maximum absolute atomic E-state index is 12.8. The fourth-order valence-electron chi connectivity index (χ4n) is 0.892. The van der Waals surface area contributed by atoms with Crippen molar-refractivity contribution >= 4 is 0 Å². The maximum atomic E-state index is 12.8. The largest absolute Gasteiger partial charge is 0.504 e. The third kappa shape index (κ3) is 0.995. The van der Waals surface area contributed by atoms with Gasteiger partial charge in [-0.05, 0) is 19.4 Å². The average Bonchev–Trinajstić information content (AvgIpc) is 2.08. The van der Waals surface area contributed by atoms with Crippen LogP contribution < -0.4 is 0 Å². The number of hydrogen-bond donors (Lipinski definition) is 2. The Morgan fingerprint density at radius 1 is 0.833 bits per heavy atom. The Hall–Kier alpha value is -1.32. The van der Waals surface area contributed by atoms with Gasteiger partial charge < -0.3 is 10.2 Å². The van der Waals surface area contributed by atoms with E-state index in [9.17, 15) is 8.78 Å². The van der Waals surface area contributed by atoms with Gasteiger partial charge in [0.1, 0.15) is 0 Å². The van der Waals surface area contributed by atoms with Crippen LogP contribution in [0.4, 0.5) is 8.78 Å². The molecule has 1 rings (SSSR count). The molecule has 4 heteroatoms. The molecular weight excluding hydrogens is 166 g/mol. The van der Waals surface area contributed by atoms with E-state index in [1.807, 2.05) is 0 Å². The third-order valence-corrected chi connectivity index (χ3v) is 1.87. The topological polar surface area (TPSA) is 40.5 Å². The van der Waals surface area contributed by atoms with Gasteiger partial charge in [-0.3, -0.25) is 0 Å². The molecule has 12 heavy (non-hydrogen) atoms. The van der Waals surface area contributed by atoms with E-state index in [2.05, 4.69) is 0 Å². The lowest BCUT2D eigenvalue weighted by Crippen LogP contribution is -1.94. The molecule has 1 aromatic rings. The van der Waals surface area contributed by atoms with E-state index < -0.39 is 23.1 Å². The van der Waals surface area contributed by atoms with Crippen LogP contribution in [0.2, 0.25) is 0 Å². The zero-order chi connectivity index (χ0) is 9.46. The molecule has 1 aromatic carbocycles. The molecule has 0 unspecified atom stereocenters. The van der Waals surface area contributed by atoms with Crippen LogP contribution in [-0.4, -0.2) is 10.2 Å². The van der Waals surface area contributed by atoms with E-state index in [1.54, 1.807) is 0 Å². The first kappa shape index (κ1) is 8.77. The molecule has 0 bridgehead atoms. The molecule has 0 saturated carbocycles. The van der Waals surface area contributed by atoms with Crippen molar-refractivity contribution in [3.8, 4) is 11.5 Å². The number of hydrogen-bond acceptors (Lipinski definition) is 2. The van der Waals surface area contributed by atoms with Crippen LogP contribution in [0, 0.1) is 25.5 Å². The lowest BCUT2D eigenvalue weighted by atomic mass is 10.1. The summed E-state index contributed by atoms with van der Waals surface area (Å²) in [7, 11) is 0. The summed E-state index contributed by atoms with van der Waals surface area (Å²) in [4.78, 5) is 0. The summed E-state index contributed by atoms with van der Waals surface area (Å²) < 4.78 is 25.4. The standard InChI is InChI=1S/C8H8F2O2/c1-3-4(2)7(11)8(12)6(10)5(3)9/h11-12H,1-2H3. The van der Waals surface area contributed by atoms with E-state index in [4.69, 9.17) is 10.2 Å².